The Morgan fingerprint density at radius 3 is 2.64 bits per heavy atom. The highest BCUT2D eigenvalue weighted by atomic mass is 127. The third-order valence-electron chi connectivity index (χ3n) is 5.52. The fourth-order valence-corrected chi connectivity index (χ4v) is 3.86. The molecule has 1 saturated carbocycles. The van der Waals surface area contributed by atoms with Gasteiger partial charge in [-0.25, -0.2) is 0 Å². The molecular formula is C21H37IN4O2. The van der Waals surface area contributed by atoms with Crippen molar-refractivity contribution in [2.75, 3.05) is 52.5 Å². The second kappa shape index (κ2) is 14.2. The van der Waals surface area contributed by atoms with E-state index in [0.717, 1.165) is 83.0 Å². The smallest absolute Gasteiger partial charge is 0.191 e. The van der Waals surface area contributed by atoms with Crippen LogP contribution in [0.2, 0.25) is 0 Å². The molecule has 28 heavy (non-hydrogen) atoms. The van der Waals surface area contributed by atoms with Gasteiger partial charge in [0.05, 0.1) is 19.5 Å². The van der Waals surface area contributed by atoms with Crippen LogP contribution in [0.4, 0.5) is 0 Å². The van der Waals surface area contributed by atoms with Crippen molar-refractivity contribution >= 4 is 29.9 Å². The number of ether oxygens (including phenoxy) is 1. The molecule has 2 aliphatic rings. The van der Waals surface area contributed by atoms with Gasteiger partial charge in [0.1, 0.15) is 5.76 Å². The van der Waals surface area contributed by atoms with E-state index in [9.17, 15) is 0 Å². The molecule has 0 atom stereocenters. The summed E-state index contributed by atoms with van der Waals surface area (Å²) in [6, 6.07) is 3.97. The van der Waals surface area contributed by atoms with Gasteiger partial charge in [-0.3, -0.25) is 9.89 Å². The molecule has 1 aromatic heterocycles. The first kappa shape index (κ1) is 23.5. The molecule has 1 aromatic rings. The van der Waals surface area contributed by atoms with E-state index in [4.69, 9.17) is 14.1 Å². The van der Waals surface area contributed by atoms with Gasteiger partial charge >= 0.3 is 0 Å². The first-order chi connectivity index (χ1) is 13.4. The number of halogens is 1. The molecule has 1 saturated heterocycles. The monoisotopic (exact) mass is 504 g/mol. The lowest BCUT2D eigenvalue weighted by Crippen LogP contribution is -2.41. The quantitative estimate of drug-likeness (QED) is 0.234. The van der Waals surface area contributed by atoms with Crippen LogP contribution in [0.5, 0.6) is 0 Å². The van der Waals surface area contributed by atoms with E-state index in [-0.39, 0.29) is 24.0 Å². The summed E-state index contributed by atoms with van der Waals surface area (Å²) in [7, 11) is 0. The lowest BCUT2D eigenvalue weighted by molar-refractivity contribution is 0.0376. The predicted molar refractivity (Wildman–Crippen MR) is 125 cm³/mol. The minimum atomic E-state index is 0. The Hall–Kier alpha value is -0.800. The summed E-state index contributed by atoms with van der Waals surface area (Å²) < 4.78 is 10.8. The molecular weight excluding hydrogens is 467 g/mol. The van der Waals surface area contributed by atoms with Gasteiger partial charge in [-0.05, 0) is 43.9 Å². The van der Waals surface area contributed by atoms with E-state index in [1.165, 1.54) is 32.1 Å². The largest absolute Gasteiger partial charge is 0.469 e. The van der Waals surface area contributed by atoms with Crippen LogP contribution >= 0.6 is 24.0 Å². The second-order valence-electron chi connectivity index (χ2n) is 7.68. The summed E-state index contributed by atoms with van der Waals surface area (Å²) in [4.78, 5) is 7.36. The third-order valence-corrected chi connectivity index (χ3v) is 5.52. The first-order valence-electron chi connectivity index (χ1n) is 10.7. The average Bonchev–Trinajstić information content (AvgIpc) is 3.24. The van der Waals surface area contributed by atoms with Crippen molar-refractivity contribution in [3.05, 3.63) is 24.2 Å². The fourth-order valence-electron chi connectivity index (χ4n) is 3.86. The lowest BCUT2D eigenvalue weighted by atomic mass is 9.89. The number of nitrogens with zero attached hydrogens (tertiary/aromatic N) is 2. The van der Waals surface area contributed by atoms with Crippen molar-refractivity contribution in [2.45, 2.75) is 44.9 Å². The molecule has 3 rings (SSSR count). The molecule has 0 aromatic carbocycles. The van der Waals surface area contributed by atoms with Gasteiger partial charge in [-0.2, -0.15) is 0 Å². The number of nitrogens with one attached hydrogen (secondary N) is 2. The molecule has 2 fully saturated rings. The fraction of sp³-hybridized carbons (Fsp3) is 0.762. The zero-order valence-corrected chi connectivity index (χ0v) is 19.4. The van der Waals surface area contributed by atoms with E-state index in [2.05, 4.69) is 15.5 Å². The van der Waals surface area contributed by atoms with Gasteiger partial charge in [-0.1, -0.05) is 19.3 Å². The number of hydrogen-bond acceptors (Lipinski definition) is 4. The topological polar surface area (TPSA) is 62.0 Å². The number of hydrogen-bond donors (Lipinski definition) is 2. The van der Waals surface area contributed by atoms with Crippen LogP contribution in [-0.4, -0.2) is 63.3 Å². The Morgan fingerprint density at radius 2 is 1.89 bits per heavy atom. The van der Waals surface area contributed by atoms with E-state index in [1.807, 2.05) is 12.1 Å². The highest BCUT2D eigenvalue weighted by molar-refractivity contribution is 14.0. The SMILES string of the molecule is I.c1coc(CCNC(=NCC2CCCCC2)NCCCN2CCOCC2)c1. The Labute approximate surface area is 186 Å². The molecule has 0 amide bonds. The minimum absolute atomic E-state index is 0. The van der Waals surface area contributed by atoms with Crippen molar-refractivity contribution in [1.29, 1.82) is 0 Å². The number of morpholine rings is 1. The number of furan rings is 1. The molecule has 1 aliphatic carbocycles. The minimum Gasteiger partial charge on any atom is -0.469 e. The van der Waals surface area contributed by atoms with Crippen LogP contribution in [-0.2, 0) is 11.2 Å². The van der Waals surface area contributed by atoms with Gasteiger partial charge in [0.25, 0.3) is 0 Å². The predicted octanol–water partition coefficient (Wildman–Crippen LogP) is 3.28. The highest BCUT2D eigenvalue weighted by Gasteiger charge is 2.13. The summed E-state index contributed by atoms with van der Waals surface area (Å²) in [5, 5.41) is 7.01. The van der Waals surface area contributed by atoms with Crippen LogP contribution in [0.1, 0.15) is 44.3 Å². The number of rotatable bonds is 9. The van der Waals surface area contributed by atoms with Crippen molar-refractivity contribution in [2.24, 2.45) is 10.9 Å². The van der Waals surface area contributed by atoms with E-state index < -0.39 is 0 Å². The Balaban J connectivity index is 0.00000280. The number of guanidine groups is 1. The Bertz CT molecular complexity index is 527. The average molecular weight is 504 g/mol. The van der Waals surface area contributed by atoms with Crippen molar-refractivity contribution in [3.63, 3.8) is 0 Å². The molecule has 6 nitrogen and oxygen atoms in total. The molecule has 1 aliphatic heterocycles. The normalized spacial score (nSPS) is 19.2. The van der Waals surface area contributed by atoms with Gasteiger partial charge in [0, 0.05) is 39.1 Å². The van der Waals surface area contributed by atoms with Gasteiger partial charge < -0.3 is 19.8 Å². The first-order valence-corrected chi connectivity index (χ1v) is 10.7. The maximum absolute atomic E-state index is 5.42. The standard InChI is InChI=1S/C21H36N4O2.HI/c1-2-6-19(7-3-1)18-24-21(23-11-9-20-8-4-15-27-20)22-10-5-12-25-13-16-26-17-14-25;/h4,8,15,19H,1-3,5-7,9-14,16-18H2,(H2,22,23,24);1H. The highest BCUT2D eigenvalue weighted by Crippen LogP contribution is 2.23. The van der Waals surface area contributed by atoms with E-state index in [0.29, 0.717) is 0 Å². The third kappa shape index (κ3) is 9.13. The van der Waals surface area contributed by atoms with Crippen LogP contribution in [0.15, 0.2) is 27.8 Å². The zero-order valence-electron chi connectivity index (χ0n) is 17.0. The molecule has 2 N–H and O–H groups in total. The van der Waals surface area contributed by atoms with E-state index >= 15 is 0 Å². The lowest BCUT2D eigenvalue weighted by Gasteiger charge is -2.26. The van der Waals surface area contributed by atoms with Gasteiger partial charge in [0.15, 0.2) is 5.96 Å². The Morgan fingerprint density at radius 1 is 1.11 bits per heavy atom. The molecule has 2 heterocycles. The Kier molecular flexibility index (Phi) is 11.9. The molecule has 0 radical (unpaired) electrons. The van der Waals surface area contributed by atoms with Crippen LogP contribution in [0, 0.1) is 5.92 Å². The van der Waals surface area contributed by atoms with Gasteiger partial charge in [-0.15, -0.1) is 24.0 Å². The second-order valence-corrected chi connectivity index (χ2v) is 7.68. The molecule has 0 spiro atoms. The van der Waals surface area contributed by atoms with E-state index in [1.54, 1.807) is 6.26 Å². The molecule has 160 valence electrons. The number of aliphatic imine (C=N–C) groups is 1. The van der Waals surface area contributed by atoms with Crippen LogP contribution < -0.4 is 10.6 Å². The summed E-state index contributed by atoms with van der Waals surface area (Å²) in [5.74, 6) is 2.73. The zero-order chi connectivity index (χ0) is 18.6. The van der Waals surface area contributed by atoms with Crippen molar-refractivity contribution < 1.29 is 9.15 Å². The summed E-state index contributed by atoms with van der Waals surface area (Å²) >= 11 is 0. The maximum atomic E-state index is 5.42. The maximum Gasteiger partial charge on any atom is 0.191 e. The van der Waals surface area contributed by atoms with Crippen LogP contribution in [0.25, 0.3) is 0 Å². The van der Waals surface area contributed by atoms with Gasteiger partial charge in [0.2, 0.25) is 0 Å². The summed E-state index contributed by atoms with van der Waals surface area (Å²) in [6.07, 6.45) is 10.5. The van der Waals surface area contributed by atoms with Crippen molar-refractivity contribution in [3.8, 4) is 0 Å². The molecule has 0 unspecified atom stereocenters. The molecule has 0 bridgehead atoms. The summed E-state index contributed by atoms with van der Waals surface area (Å²) in [6.45, 7) is 7.72. The summed E-state index contributed by atoms with van der Waals surface area (Å²) in [5.41, 5.74) is 0. The van der Waals surface area contributed by atoms with Crippen molar-refractivity contribution in [1.82, 2.24) is 15.5 Å². The molecule has 7 heteroatoms. The van der Waals surface area contributed by atoms with Crippen LogP contribution in [0.3, 0.4) is 0 Å².